The lowest BCUT2D eigenvalue weighted by Crippen LogP contribution is -2.37. The van der Waals surface area contributed by atoms with E-state index < -0.39 is 5.97 Å². The van der Waals surface area contributed by atoms with Crippen LogP contribution in [-0.4, -0.2) is 28.9 Å². The molecule has 2 rings (SSSR count). The van der Waals surface area contributed by atoms with Gasteiger partial charge in [-0.25, -0.2) is 0 Å². The van der Waals surface area contributed by atoms with Gasteiger partial charge in [0.1, 0.15) is 5.84 Å². The van der Waals surface area contributed by atoms with Crippen LogP contribution in [0.2, 0.25) is 0 Å². The number of nitrogens with one attached hydrogen (secondary N) is 2. The van der Waals surface area contributed by atoms with Crippen molar-refractivity contribution in [3.8, 4) is 0 Å². The van der Waals surface area contributed by atoms with Gasteiger partial charge in [0.15, 0.2) is 0 Å². The van der Waals surface area contributed by atoms with Crippen molar-refractivity contribution in [1.82, 2.24) is 5.32 Å². The number of carboxylic acids is 1. The number of amidine groups is 1. The number of nitrogens with two attached hydrogens (primary N) is 1. The Bertz CT molecular complexity index is 691. The number of allylic oxidation sites excluding steroid dienone is 6. The molecule has 1 amide bonds. The summed E-state index contributed by atoms with van der Waals surface area (Å²) in [6, 6.07) is -0.331. The van der Waals surface area contributed by atoms with Crippen LogP contribution in [-0.2, 0) is 9.59 Å². The zero-order valence-electron chi connectivity index (χ0n) is 16.3. The van der Waals surface area contributed by atoms with Crippen LogP contribution in [0.4, 0.5) is 0 Å². The van der Waals surface area contributed by atoms with Gasteiger partial charge in [0.05, 0.1) is 6.42 Å². The molecule has 3 unspecified atom stereocenters. The van der Waals surface area contributed by atoms with Crippen LogP contribution < -0.4 is 11.1 Å². The van der Waals surface area contributed by atoms with Crippen LogP contribution in [0, 0.1) is 17.2 Å². The summed E-state index contributed by atoms with van der Waals surface area (Å²) < 4.78 is 0. The summed E-state index contributed by atoms with van der Waals surface area (Å²) in [7, 11) is 0. The van der Waals surface area contributed by atoms with Crippen molar-refractivity contribution in [2.75, 3.05) is 0 Å². The predicted octanol–water partition coefficient (Wildman–Crippen LogP) is 3.47. The molecule has 2 aliphatic carbocycles. The van der Waals surface area contributed by atoms with Gasteiger partial charge in [-0.05, 0) is 43.9 Å². The van der Waals surface area contributed by atoms with Gasteiger partial charge in [0.2, 0.25) is 5.91 Å². The molecule has 0 fully saturated rings. The number of carbonyl (C=O) groups is 2. The number of carbonyl (C=O) groups excluding carboxylic acids is 1. The second-order valence-corrected chi connectivity index (χ2v) is 7.58. The first-order chi connectivity index (χ1) is 13.4. The Balaban J connectivity index is 1.67. The average Bonchev–Trinajstić information content (AvgIpc) is 2.66. The minimum atomic E-state index is -0.886. The third kappa shape index (κ3) is 7.94. The fraction of sp³-hybridized carbons (Fsp3) is 0.500. The Morgan fingerprint density at radius 3 is 2.64 bits per heavy atom. The maximum atomic E-state index is 12.2. The molecule has 2 aliphatic rings. The van der Waals surface area contributed by atoms with Crippen molar-refractivity contribution in [3.05, 3.63) is 48.1 Å². The maximum Gasteiger partial charge on any atom is 0.305 e. The van der Waals surface area contributed by atoms with Crippen molar-refractivity contribution in [2.45, 2.75) is 57.4 Å². The fourth-order valence-electron chi connectivity index (χ4n) is 3.65. The zero-order chi connectivity index (χ0) is 20.4. The van der Waals surface area contributed by atoms with Crippen LogP contribution in [0.5, 0.6) is 0 Å². The summed E-state index contributed by atoms with van der Waals surface area (Å²) in [5.41, 5.74) is 6.25. The fourth-order valence-corrected chi connectivity index (χ4v) is 3.65. The summed E-state index contributed by atoms with van der Waals surface area (Å²) >= 11 is 0. The number of unbranched alkanes of at least 4 members (excludes halogenated alkanes) is 1. The molecule has 0 aromatic heterocycles. The van der Waals surface area contributed by atoms with Crippen molar-refractivity contribution >= 4 is 17.7 Å². The molecule has 0 bridgehead atoms. The Kier molecular flexibility index (Phi) is 8.72. The molecule has 28 heavy (non-hydrogen) atoms. The van der Waals surface area contributed by atoms with E-state index in [1.54, 1.807) is 0 Å². The first kappa shape index (κ1) is 21.7. The first-order valence-corrected chi connectivity index (χ1v) is 10.0. The number of carboxylic acid groups (broad SMARTS) is 1. The highest BCUT2D eigenvalue weighted by molar-refractivity contribution is 5.97. The highest BCUT2D eigenvalue weighted by Gasteiger charge is 2.20. The van der Waals surface area contributed by atoms with Gasteiger partial charge in [0, 0.05) is 18.0 Å². The van der Waals surface area contributed by atoms with Crippen LogP contribution in [0.3, 0.4) is 0 Å². The molecule has 0 heterocycles. The lowest BCUT2D eigenvalue weighted by atomic mass is 9.91. The summed E-state index contributed by atoms with van der Waals surface area (Å²) in [5, 5.41) is 19.5. The Morgan fingerprint density at radius 2 is 2.04 bits per heavy atom. The third-order valence-corrected chi connectivity index (χ3v) is 5.17. The van der Waals surface area contributed by atoms with Crippen molar-refractivity contribution in [3.63, 3.8) is 0 Å². The Labute approximate surface area is 166 Å². The molecular weight excluding hydrogens is 354 g/mol. The number of hydrogen-bond donors (Lipinski definition) is 4. The van der Waals surface area contributed by atoms with E-state index in [4.69, 9.17) is 16.2 Å². The van der Waals surface area contributed by atoms with Crippen molar-refractivity contribution in [1.29, 1.82) is 5.41 Å². The van der Waals surface area contributed by atoms with Gasteiger partial charge in [-0.3, -0.25) is 15.0 Å². The maximum absolute atomic E-state index is 12.2. The smallest absolute Gasteiger partial charge is 0.305 e. The molecular formula is C22H31N3O3. The number of hydrogen-bond acceptors (Lipinski definition) is 3. The summed E-state index contributed by atoms with van der Waals surface area (Å²) in [6.45, 7) is 0. The molecule has 0 aromatic carbocycles. The first-order valence-electron chi connectivity index (χ1n) is 10.0. The van der Waals surface area contributed by atoms with Crippen LogP contribution in [0.15, 0.2) is 48.1 Å². The summed E-state index contributed by atoms with van der Waals surface area (Å²) in [4.78, 5) is 23.4. The molecule has 0 aliphatic heterocycles. The molecule has 0 saturated carbocycles. The SMILES string of the molecule is N=C(N)C1=CCC(CCCCC(=O)NC(CC(=O)O)CC2C=CC=CC2)C=C1. The molecule has 6 nitrogen and oxygen atoms in total. The van der Waals surface area contributed by atoms with E-state index in [2.05, 4.69) is 23.5 Å². The van der Waals surface area contributed by atoms with E-state index in [0.29, 0.717) is 18.8 Å². The van der Waals surface area contributed by atoms with Gasteiger partial charge in [-0.15, -0.1) is 0 Å². The van der Waals surface area contributed by atoms with E-state index >= 15 is 0 Å². The van der Waals surface area contributed by atoms with Gasteiger partial charge < -0.3 is 16.2 Å². The minimum absolute atomic E-state index is 0.0442. The number of amides is 1. The molecule has 0 aromatic rings. The average molecular weight is 386 g/mol. The number of aliphatic carboxylic acids is 1. The van der Waals surface area contributed by atoms with E-state index in [0.717, 1.165) is 37.7 Å². The topological polar surface area (TPSA) is 116 Å². The Hall–Kier alpha value is -2.63. The largest absolute Gasteiger partial charge is 0.481 e. The Morgan fingerprint density at radius 1 is 1.21 bits per heavy atom. The highest BCUT2D eigenvalue weighted by Crippen LogP contribution is 2.22. The molecule has 152 valence electrons. The molecule has 0 radical (unpaired) electrons. The predicted molar refractivity (Wildman–Crippen MR) is 111 cm³/mol. The zero-order valence-corrected chi connectivity index (χ0v) is 16.3. The highest BCUT2D eigenvalue weighted by atomic mass is 16.4. The van der Waals surface area contributed by atoms with Crippen LogP contribution >= 0.6 is 0 Å². The van der Waals surface area contributed by atoms with Gasteiger partial charge in [-0.2, -0.15) is 0 Å². The number of rotatable bonds is 11. The molecule has 5 N–H and O–H groups in total. The van der Waals surface area contributed by atoms with E-state index in [-0.39, 0.29) is 30.1 Å². The van der Waals surface area contributed by atoms with E-state index in [1.807, 2.05) is 24.3 Å². The molecule has 0 spiro atoms. The summed E-state index contributed by atoms with van der Waals surface area (Å²) in [6.07, 6.45) is 19.6. The third-order valence-electron chi connectivity index (χ3n) is 5.17. The minimum Gasteiger partial charge on any atom is -0.481 e. The standard InChI is InChI=1S/C22H31N3O3/c23-22(24)18-12-10-16(11-13-18)6-4-5-9-20(26)25-19(15-21(27)28)14-17-7-2-1-3-8-17/h1-3,7,10,12-13,16-17,19H,4-6,8-9,11,14-15H2,(H3,23,24)(H,25,26)(H,27,28). The molecule has 6 heteroatoms. The van der Waals surface area contributed by atoms with Crippen molar-refractivity contribution < 1.29 is 14.7 Å². The normalized spacial score (nSPS) is 21.8. The van der Waals surface area contributed by atoms with Gasteiger partial charge in [-0.1, -0.05) is 49.0 Å². The molecule has 3 atom stereocenters. The molecule has 0 saturated heterocycles. The second kappa shape index (κ2) is 11.3. The van der Waals surface area contributed by atoms with Crippen LogP contribution in [0.1, 0.15) is 51.4 Å². The van der Waals surface area contributed by atoms with Gasteiger partial charge >= 0.3 is 5.97 Å². The van der Waals surface area contributed by atoms with Crippen LogP contribution in [0.25, 0.3) is 0 Å². The van der Waals surface area contributed by atoms with E-state index in [9.17, 15) is 9.59 Å². The van der Waals surface area contributed by atoms with Crippen molar-refractivity contribution in [2.24, 2.45) is 17.6 Å². The second-order valence-electron chi connectivity index (χ2n) is 7.58. The quantitative estimate of drug-likeness (QED) is 0.247. The van der Waals surface area contributed by atoms with Gasteiger partial charge in [0.25, 0.3) is 0 Å². The van der Waals surface area contributed by atoms with E-state index in [1.165, 1.54) is 0 Å². The monoisotopic (exact) mass is 385 g/mol. The summed E-state index contributed by atoms with van der Waals surface area (Å²) in [5.74, 6) is -0.151. The lowest BCUT2D eigenvalue weighted by molar-refractivity contribution is -0.137. The lowest BCUT2D eigenvalue weighted by Gasteiger charge is -2.22.